The molecule has 1 atom stereocenters. The molecule has 3 aromatic rings. The van der Waals surface area contributed by atoms with Crippen LogP contribution in [0.3, 0.4) is 0 Å². The first kappa shape index (κ1) is 20.7. The molecule has 0 heterocycles. The smallest absolute Gasteiger partial charge is 0.308 e. The van der Waals surface area contributed by atoms with E-state index in [4.69, 9.17) is 9.47 Å². The van der Waals surface area contributed by atoms with E-state index in [9.17, 15) is 4.79 Å². The second-order valence-corrected chi connectivity index (χ2v) is 7.72. The molecule has 3 aromatic carbocycles. The van der Waals surface area contributed by atoms with Crippen molar-refractivity contribution in [3.8, 4) is 11.5 Å². The second-order valence-electron chi connectivity index (χ2n) is 7.72. The summed E-state index contributed by atoms with van der Waals surface area (Å²) < 4.78 is 10.6. The fourth-order valence-corrected chi connectivity index (χ4v) is 4.04. The zero-order valence-corrected chi connectivity index (χ0v) is 17.5. The van der Waals surface area contributed by atoms with Gasteiger partial charge in [-0.3, -0.25) is 4.79 Å². The van der Waals surface area contributed by atoms with E-state index < -0.39 is 0 Å². The summed E-state index contributed by atoms with van der Waals surface area (Å²) in [4.78, 5) is 11.3. The molecule has 0 N–H and O–H groups in total. The minimum absolute atomic E-state index is 0.315. The minimum Gasteiger partial charge on any atom is -0.497 e. The molecule has 0 aliphatic carbocycles. The van der Waals surface area contributed by atoms with Crippen molar-refractivity contribution in [2.45, 2.75) is 32.6 Å². The lowest BCUT2D eigenvalue weighted by Crippen LogP contribution is -2.31. The van der Waals surface area contributed by atoms with Gasteiger partial charge in [0, 0.05) is 12.3 Å². The number of methoxy groups -OCH3 is 1. The summed E-state index contributed by atoms with van der Waals surface area (Å²) in [6.45, 7) is 5.90. The molecule has 3 rings (SSSR count). The molecule has 0 radical (unpaired) electrons. The highest BCUT2D eigenvalue weighted by Gasteiger charge is 2.37. The summed E-state index contributed by atoms with van der Waals surface area (Å²) in [5, 5.41) is 0. The molecule has 0 amide bonds. The molecule has 0 spiro atoms. The van der Waals surface area contributed by atoms with Crippen LogP contribution in [0, 0.1) is 5.92 Å². The molecule has 0 bridgehead atoms. The van der Waals surface area contributed by atoms with Crippen molar-refractivity contribution in [1.82, 2.24) is 0 Å². The number of ether oxygens (including phenoxy) is 2. The van der Waals surface area contributed by atoms with Crippen LogP contribution in [0.15, 0.2) is 78.9 Å². The quantitative estimate of drug-likeness (QED) is 0.283. The third-order valence-electron chi connectivity index (χ3n) is 5.17. The molecule has 0 aromatic heterocycles. The fourth-order valence-electron chi connectivity index (χ4n) is 4.04. The zero-order valence-electron chi connectivity index (χ0n) is 17.5. The van der Waals surface area contributed by atoms with E-state index in [1.165, 1.54) is 23.6 Å². The number of carbonyl (C=O) groups excluding carboxylic acids is 1. The molecule has 0 aliphatic rings. The summed E-state index contributed by atoms with van der Waals surface area (Å²) in [6, 6.07) is 26.8. The van der Waals surface area contributed by atoms with Gasteiger partial charge in [0.25, 0.3) is 0 Å². The van der Waals surface area contributed by atoms with E-state index in [0.717, 1.165) is 12.2 Å². The van der Waals surface area contributed by atoms with E-state index in [2.05, 4.69) is 62.4 Å². The van der Waals surface area contributed by atoms with Crippen LogP contribution in [-0.4, -0.2) is 13.1 Å². The lowest BCUT2D eigenvalue weighted by molar-refractivity contribution is -0.131. The molecule has 3 heteroatoms. The Kier molecular flexibility index (Phi) is 6.38. The van der Waals surface area contributed by atoms with E-state index in [1.54, 1.807) is 7.11 Å². The summed E-state index contributed by atoms with van der Waals surface area (Å²) in [6.07, 6.45) is 0.941. The van der Waals surface area contributed by atoms with Crippen molar-refractivity contribution < 1.29 is 14.3 Å². The molecule has 1 unspecified atom stereocenters. The van der Waals surface area contributed by atoms with Crippen molar-refractivity contribution in [3.05, 3.63) is 95.6 Å². The SMILES string of the molecule is COc1ccc(C(CC(C)C)(c2ccccc2)c2ccc(OC(C)=O)cc2)cc1. The first-order valence-electron chi connectivity index (χ1n) is 9.94. The predicted octanol–water partition coefficient (Wildman–Crippen LogP) is 6.00. The van der Waals surface area contributed by atoms with E-state index in [-0.39, 0.29) is 11.4 Å². The number of hydrogen-bond acceptors (Lipinski definition) is 3. The molecule has 0 saturated carbocycles. The monoisotopic (exact) mass is 388 g/mol. The van der Waals surface area contributed by atoms with Crippen molar-refractivity contribution in [3.63, 3.8) is 0 Å². The Morgan fingerprint density at radius 2 is 1.28 bits per heavy atom. The maximum absolute atomic E-state index is 11.3. The Labute approximate surface area is 173 Å². The maximum atomic E-state index is 11.3. The largest absolute Gasteiger partial charge is 0.497 e. The molecule has 150 valence electrons. The van der Waals surface area contributed by atoms with Crippen LogP contribution >= 0.6 is 0 Å². The number of hydrogen-bond donors (Lipinski definition) is 0. The van der Waals surface area contributed by atoms with Crippen molar-refractivity contribution in [1.29, 1.82) is 0 Å². The maximum Gasteiger partial charge on any atom is 0.308 e. The van der Waals surface area contributed by atoms with Crippen LogP contribution in [0.25, 0.3) is 0 Å². The van der Waals surface area contributed by atoms with Gasteiger partial charge in [0.15, 0.2) is 0 Å². The molecule has 0 aliphatic heterocycles. The molecular formula is C26H28O3. The van der Waals surface area contributed by atoms with Crippen LogP contribution in [0.5, 0.6) is 11.5 Å². The Morgan fingerprint density at radius 1 is 0.793 bits per heavy atom. The molecule has 0 saturated heterocycles. The normalized spacial score (nSPS) is 13.0. The summed E-state index contributed by atoms with van der Waals surface area (Å²) in [5.74, 6) is 1.54. The lowest BCUT2D eigenvalue weighted by Gasteiger charge is -2.37. The fraction of sp³-hybridized carbons (Fsp3) is 0.269. The first-order valence-corrected chi connectivity index (χ1v) is 9.94. The average molecular weight is 389 g/mol. The van der Waals surface area contributed by atoms with E-state index >= 15 is 0 Å². The summed E-state index contributed by atoms with van der Waals surface area (Å²) in [7, 11) is 1.68. The number of rotatable bonds is 7. The van der Waals surface area contributed by atoms with Gasteiger partial charge in [0.05, 0.1) is 7.11 Å². The van der Waals surface area contributed by atoms with Crippen LogP contribution in [0.1, 0.15) is 43.9 Å². The second kappa shape index (κ2) is 8.95. The Balaban J connectivity index is 2.21. The van der Waals surface area contributed by atoms with Crippen LogP contribution in [0.4, 0.5) is 0 Å². The lowest BCUT2D eigenvalue weighted by atomic mass is 9.65. The van der Waals surface area contributed by atoms with E-state index in [1.807, 2.05) is 30.3 Å². The third-order valence-corrected chi connectivity index (χ3v) is 5.17. The highest BCUT2D eigenvalue weighted by molar-refractivity contribution is 5.69. The van der Waals surface area contributed by atoms with Crippen molar-refractivity contribution >= 4 is 5.97 Å². The van der Waals surface area contributed by atoms with Gasteiger partial charge in [-0.05, 0) is 53.3 Å². The van der Waals surface area contributed by atoms with Gasteiger partial charge in [-0.2, -0.15) is 0 Å². The van der Waals surface area contributed by atoms with E-state index in [0.29, 0.717) is 11.7 Å². The topological polar surface area (TPSA) is 35.5 Å². The molecular weight excluding hydrogens is 360 g/mol. The van der Waals surface area contributed by atoms with Crippen molar-refractivity contribution in [2.75, 3.05) is 7.11 Å². The average Bonchev–Trinajstić information content (AvgIpc) is 2.73. The number of esters is 1. The Hall–Kier alpha value is -3.07. The summed E-state index contributed by atoms with van der Waals surface area (Å²) >= 11 is 0. The van der Waals surface area contributed by atoms with Crippen LogP contribution in [0.2, 0.25) is 0 Å². The zero-order chi connectivity index (χ0) is 20.9. The van der Waals surface area contributed by atoms with Gasteiger partial charge >= 0.3 is 5.97 Å². The number of carbonyl (C=O) groups is 1. The number of benzene rings is 3. The first-order chi connectivity index (χ1) is 14.0. The van der Waals surface area contributed by atoms with Gasteiger partial charge in [-0.25, -0.2) is 0 Å². The third kappa shape index (κ3) is 4.51. The minimum atomic E-state index is -0.323. The van der Waals surface area contributed by atoms with Gasteiger partial charge < -0.3 is 9.47 Å². The van der Waals surface area contributed by atoms with Gasteiger partial charge in [-0.1, -0.05) is 68.4 Å². The van der Waals surface area contributed by atoms with Crippen LogP contribution < -0.4 is 9.47 Å². The molecule has 29 heavy (non-hydrogen) atoms. The predicted molar refractivity (Wildman–Crippen MR) is 117 cm³/mol. The highest BCUT2D eigenvalue weighted by Crippen LogP contribution is 2.45. The summed E-state index contributed by atoms with van der Waals surface area (Å²) in [5.41, 5.74) is 3.28. The van der Waals surface area contributed by atoms with Gasteiger partial charge in [-0.15, -0.1) is 0 Å². The standard InChI is InChI=1S/C26H28O3/c1-19(2)18-26(21-8-6-5-7-9-21,22-10-14-24(28-4)15-11-22)23-12-16-25(17-13-23)29-20(3)27/h5-17,19H,18H2,1-4H3. The van der Waals surface area contributed by atoms with Gasteiger partial charge in [0.1, 0.15) is 11.5 Å². The Morgan fingerprint density at radius 3 is 1.72 bits per heavy atom. The van der Waals surface area contributed by atoms with Gasteiger partial charge in [0.2, 0.25) is 0 Å². The molecule has 3 nitrogen and oxygen atoms in total. The Bertz CT molecular complexity index is 928. The molecule has 0 fully saturated rings. The van der Waals surface area contributed by atoms with Crippen LogP contribution in [-0.2, 0) is 10.2 Å². The highest BCUT2D eigenvalue weighted by atomic mass is 16.5. The van der Waals surface area contributed by atoms with Crippen molar-refractivity contribution in [2.24, 2.45) is 5.92 Å².